The van der Waals surface area contributed by atoms with E-state index in [0.717, 1.165) is 11.1 Å². The van der Waals surface area contributed by atoms with E-state index in [2.05, 4.69) is 0 Å². The van der Waals surface area contributed by atoms with Gasteiger partial charge in [-0.1, -0.05) is 47.5 Å². The van der Waals surface area contributed by atoms with Gasteiger partial charge in [-0.3, -0.25) is 0 Å². The summed E-state index contributed by atoms with van der Waals surface area (Å²) in [7, 11) is 0. The number of benzene rings is 2. The predicted molar refractivity (Wildman–Crippen MR) is 68.9 cm³/mol. The van der Waals surface area contributed by atoms with E-state index in [9.17, 15) is 4.79 Å². The molecule has 0 spiro atoms. The molecule has 2 aromatic carbocycles. The summed E-state index contributed by atoms with van der Waals surface area (Å²) in [6.45, 7) is 0. The van der Waals surface area contributed by atoms with Crippen molar-refractivity contribution in [2.75, 3.05) is 0 Å². The van der Waals surface area contributed by atoms with Gasteiger partial charge in [0.25, 0.3) is 0 Å². The van der Waals surface area contributed by atoms with Crippen LogP contribution in [0.2, 0.25) is 10.0 Å². The van der Waals surface area contributed by atoms with Crippen molar-refractivity contribution in [3.8, 4) is 11.1 Å². The number of hydrogen-bond acceptors (Lipinski definition) is 1. The van der Waals surface area contributed by atoms with Crippen molar-refractivity contribution in [1.82, 2.24) is 0 Å². The number of carbonyl (C=O) groups is 1. The van der Waals surface area contributed by atoms with Crippen LogP contribution in [0.15, 0.2) is 42.5 Å². The molecule has 86 valence electrons. The Morgan fingerprint density at radius 3 is 2.35 bits per heavy atom. The maximum Gasteiger partial charge on any atom is 0.337 e. The van der Waals surface area contributed by atoms with Crippen LogP contribution < -0.4 is 0 Å². The van der Waals surface area contributed by atoms with Gasteiger partial charge in [-0.25, -0.2) is 4.79 Å². The second-order valence-electron chi connectivity index (χ2n) is 3.48. The molecule has 2 nitrogen and oxygen atoms in total. The summed E-state index contributed by atoms with van der Waals surface area (Å²) in [6.07, 6.45) is 0. The summed E-state index contributed by atoms with van der Waals surface area (Å²) in [6, 6.07) is 12.1. The minimum absolute atomic E-state index is 0.0732. The maximum atomic E-state index is 11.0. The number of hydrogen-bond donors (Lipinski definition) is 1. The minimum Gasteiger partial charge on any atom is -0.478 e. The van der Waals surface area contributed by atoms with Gasteiger partial charge in [0.15, 0.2) is 0 Å². The molecular weight excluding hydrogens is 259 g/mol. The van der Waals surface area contributed by atoms with Gasteiger partial charge in [-0.15, -0.1) is 0 Å². The fourth-order valence-electron chi connectivity index (χ4n) is 1.55. The Kier molecular flexibility index (Phi) is 3.36. The Balaban J connectivity index is 2.58. The van der Waals surface area contributed by atoms with E-state index in [1.165, 1.54) is 6.07 Å². The Labute approximate surface area is 108 Å². The van der Waals surface area contributed by atoms with Crippen molar-refractivity contribution in [2.45, 2.75) is 0 Å². The second kappa shape index (κ2) is 4.78. The van der Waals surface area contributed by atoms with Crippen molar-refractivity contribution in [1.29, 1.82) is 0 Å². The van der Waals surface area contributed by atoms with Gasteiger partial charge in [0.2, 0.25) is 0 Å². The Bertz CT molecular complexity index is 579. The summed E-state index contributed by atoms with van der Waals surface area (Å²) in [5.74, 6) is -1.05. The van der Waals surface area contributed by atoms with Gasteiger partial charge < -0.3 is 5.11 Å². The molecule has 0 aromatic heterocycles. The fourth-order valence-corrected chi connectivity index (χ4v) is 2.00. The molecule has 0 saturated heterocycles. The zero-order valence-corrected chi connectivity index (χ0v) is 10.2. The lowest BCUT2D eigenvalue weighted by Gasteiger charge is -2.06. The van der Waals surface area contributed by atoms with Crippen LogP contribution in [-0.2, 0) is 0 Å². The Morgan fingerprint density at radius 2 is 1.71 bits per heavy atom. The molecule has 2 rings (SSSR count). The lowest BCUT2D eigenvalue weighted by molar-refractivity contribution is 0.0697. The molecule has 4 heteroatoms. The van der Waals surface area contributed by atoms with Crippen LogP contribution in [0.25, 0.3) is 11.1 Å². The van der Waals surface area contributed by atoms with E-state index in [1.54, 1.807) is 18.2 Å². The van der Waals surface area contributed by atoms with Crippen LogP contribution in [0.3, 0.4) is 0 Å². The van der Waals surface area contributed by atoms with Gasteiger partial charge in [0.1, 0.15) is 0 Å². The summed E-state index contributed by atoms with van der Waals surface area (Å²) >= 11 is 11.9. The molecule has 0 radical (unpaired) electrons. The Morgan fingerprint density at radius 1 is 1.00 bits per heavy atom. The van der Waals surface area contributed by atoms with Crippen LogP contribution in [0.1, 0.15) is 10.4 Å². The number of carboxylic acids is 1. The van der Waals surface area contributed by atoms with Crippen LogP contribution in [-0.4, -0.2) is 11.1 Å². The summed E-state index contributed by atoms with van der Waals surface area (Å²) in [4.78, 5) is 11.0. The van der Waals surface area contributed by atoms with Crippen LogP contribution >= 0.6 is 23.2 Å². The SMILES string of the molecule is O=C(O)c1cc(-c2ccccc2Cl)ccc1Cl. The van der Waals surface area contributed by atoms with Crippen LogP contribution in [0.4, 0.5) is 0 Å². The van der Waals surface area contributed by atoms with E-state index in [0.29, 0.717) is 5.02 Å². The average molecular weight is 267 g/mol. The summed E-state index contributed by atoms with van der Waals surface area (Å²) in [5.41, 5.74) is 1.59. The first-order valence-corrected chi connectivity index (χ1v) is 5.63. The zero-order valence-electron chi connectivity index (χ0n) is 8.65. The van der Waals surface area contributed by atoms with Crippen LogP contribution in [0, 0.1) is 0 Å². The third kappa shape index (κ3) is 2.43. The van der Waals surface area contributed by atoms with E-state index in [4.69, 9.17) is 28.3 Å². The van der Waals surface area contributed by atoms with Crippen LogP contribution in [0.5, 0.6) is 0 Å². The first kappa shape index (κ1) is 12.0. The van der Waals surface area contributed by atoms with Gasteiger partial charge >= 0.3 is 5.97 Å². The highest BCUT2D eigenvalue weighted by molar-refractivity contribution is 6.34. The topological polar surface area (TPSA) is 37.3 Å². The summed E-state index contributed by atoms with van der Waals surface area (Å²) < 4.78 is 0. The number of carboxylic acid groups (broad SMARTS) is 1. The van der Waals surface area contributed by atoms with E-state index < -0.39 is 5.97 Å². The largest absolute Gasteiger partial charge is 0.478 e. The van der Waals surface area contributed by atoms with Crippen molar-refractivity contribution < 1.29 is 9.90 Å². The highest BCUT2D eigenvalue weighted by atomic mass is 35.5. The first-order valence-electron chi connectivity index (χ1n) is 4.87. The maximum absolute atomic E-state index is 11.0. The van der Waals surface area contributed by atoms with Crippen molar-refractivity contribution >= 4 is 29.2 Å². The van der Waals surface area contributed by atoms with Gasteiger partial charge in [-0.05, 0) is 23.8 Å². The first-order chi connectivity index (χ1) is 8.09. The average Bonchev–Trinajstić information content (AvgIpc) is 2.30. The molecule has 0 aliphatic heterocycles. The molecule has 0 aliphatic carbocycles. The molecular formula is C13H8Cl2O2. The third-order valence-electron chi connectivity index (χ3n) is 2.38. The van der Waals surface area contributed by atoms with E-state index in [1.807, 2.05) is 18.2 Å². The lowest BCUT2D eigenvalue weighted by atomic mass is 10.0. The second-order valence-corrected chi connectivity index (χ2v) is 4.29. The standard InChI is InChI=1S/C13H8Cl2O2/c14-11-4-2-1-3-9(11)8-5-6-12(15)10(7-8)13(16)17/h1-7H,(H,16,17). The predicted octanol–water partition coefficient (Wildman–Crippen LogP) is 4.36. The molecule has 0 unspecified atom stereocenters. The van der Waals surface area contributed by atoms with E-state index in [-0.39, 0.29) is 10.6 Å². The molecule has 0 heterocycles. The highest BCUT2D eigenvalue weighted by Gasteiger charge is 2.11. The van der Waals surface area contributed by atoms with Gasteiger partial charge in [0.05, 0.1) is 10.6 Å². The smallest absolute Gasteiger partial charge is 0.337 e. The molecule has 0 amide bonds. The number of halogens is 2. The fraction of sp³-hybridized carbons (Fsp3) is 0. The van der Waals surface area contributed by atoms with Crippen molar-refractivity contribution in [2.24, 2.45) is 0 Å². The highest BCUT2D eigenvalue weighted by Crippen LogP contribution is 2.30. The van der Waals surface area contributed by atoms with Gasteiger partial charge in [0, 0.05) is 10.6 Å². The minimum atomic E-state index is -1.05. The normalized spacial score (nSPS) is 10.2. The summed E-state index contributed by atoms with van der Waals surface area (Å²) in [5, 5.41) is 9.78. The molecule has 2 aromatic rings. The van der Waals surface area contributed by atoms with E-state index >= 15 is 0 Å². The Hall–Kier alpha value is -1.51. The lowest BCUT2D eigenvalue weighted by Crippen LogP contribution is -1.97. The monoisotopic (exact) mass is 266 g/mol. The quantitative estimate of drug-likeness (QED) is 0.877. The molecule has 0 bridgehead atoms. The van der Waals surface area contributed by atoms with Gasteiger partial charge in [-0.2, -0.15) is 0 Å². The molecule has 0 fully saturated rings. The number of aromatic carboxylic acids is 1. The molecule has 0 atom stereocenters. The molecule has 17 heavy (non-hydrogen) atoms. The molecule has 0 saturated carbocycles. The van der Waals surface area contributed by atoms with Crippen molar-refractivity contribution in [3.05, 3.63) is 58.1 Å². The molecule has 0 aliphatic rings. The zero-order chi connectivity index (χ0) is 12.4. The number of rotatable bonds is 2. The molecule has 1 N–H and O–H groups in total. The third-order valence-corrected chi connectivity index (χ3v) is 3.04. The van der Waals surface area contributed by atoms with Crippen molar-refractivity contribution in [3.63, 3.8) is 0 Å².